The van der Waals surface area contributed by atoms with E-state index in [0.717, 1.165) is 12.0 Å². The van der Waals surface area contributed by atoms with Crippen LogP contribution in [0.2, 0.25) is 0 Å². The molecule has 3 heteroatoms. The molecule has 0 fully saturated rings. The highest BCUT2D eigenvalue weighted by Crippen LogP contribution is 2.00. The van der Waals surface area contributed by atoms with Crippen molar-refractivity contribution in [3.8, 4) is 0 Å². The SMILES string of the molecule is CC/C(C)=C/[C@H](NC)C(=O)O. The van der Waals surface area contributed by atoms with Crippen LogP contribution in [0, 0.1) is 0 Å². The second kappa shape index (κ2) is 4.91. The summed E-state index contributed by atoms with van der Waals surface area (Å²) < 4.78 is 0. The van der Waals surface area contributed by atoms with Gasteiger partial charge in [0.15, 0.2) is 0 Å². The Morgan fingerprint density at radius 2 is 2.27 bits per heavy atom. The predicted molar refractivity (Wildman–Crippen MR) is 44.5 cm³/mol. The van der Waals surface area contributed by atoms with E-state index in [0.29, 0.717) is 0 Å². The zero-order valence-corrected chi connectivity index (χ0v) is 7.22. The molecule has 2 N–H and O–H groups in total. The summed E-state index contributed by atoms with van der Waals surface area (Å²) in [5.74, 6) is -0.833. The maximum absolute atomic E-state index is 10.5. The van der Waals surface area contributed by atoms with E-state index < -0.39 is 12.0 Å². The van der Waals surface area contributed by atoms with E-state index in [1.54, 1.807) is 13.1 Å². The van der Waals surface area contributed by atoms with Crippen molar-refractivity contribution in [2.45, 2.75) is 26.3 Å². The zero-order chi connectivity index (χ0) is 8.85. The lowest BCUT2D eigenvalue weighted by Crippen LogP contribution is -2.31. The van der Waals surface area contributed by atoms with Gasteiger partial charge in [-0.15, -0.1) is 0 Å². The molecule has 11 heavy (non-hydrogen) atoms. The first kappa shape index (κ1) is 10.2. The standard InChI is InChI=1S/C8H15NO2/c1-4-6(2)5-7(9-3)8(10)11/h5,7,9H,4H2,1-3H3,(H,10,11)/b6-5+/t7-/m0/s1. The number of carbonyl (C=O) groups is 1. The third kappa shape index (κ3) is 3.78. The second-order valence-electron chi connectivity index (χ2n) is 2.47. The van der Waals surface area contributed by atoms with Crippen molar-refractivity contribution in [2.24, 2.45) is 0 Å². The zero-order valence-electron chi connectivity index (χ0n) is 7.22. The summed E-state index contributed by atoms with van der Waals surface area (Å²) in [6, 6.07) is -0.546. The molecule has 0 saturated heterocycles. The van der Waals surface area contributed by atoms with Gasteiger partial charge in [0.1, 0.15) is 6.04 Å². The van der Waals surface area contributed by atoms with E-state index in [1.165, 1.54) is 0 Å². The molecule has 0 unspecified atom stereocenters. The molecule has 0 saturated carbocycles. The van der Waals surface area contributed by atoms with Crippen LogP contribution in [0.25, 0.3) is 0 Å². The minimum atomic E-state index is -0.833. The smallest absolute Gasteiger partial charge is 0.324 e. The molecular formula is C8H15NO2. The quantitative estimate of drug-likeness (QED) is 0.599. The van der Waals surface area contributed by atoms with Crippen LogP contribution in [0.5, 0.6) is 0 Å². The molecular weight excluding hydrogens is 142 g/mol. The number of nitrogens with one attached hydrogen (secondary N) is 1. The van der Waals surface area contributed by atoms with Gasteiger partial charge < -0.3 is 10.4 Å². The van der Waals surface area contributed by atoms with Crippen LogP contribution in [0.1, 0.15) is 20.3 Å². The Kier molecular flexibility index (Phi) is 4.54. The van der Waals surface area contributed by atoms with Crippen LogP contribution >= 0.6 is 0 Å². The molecule has 0 aromatic carbocycles. The van der Waals surface area contributed by atoms with E-state index in [-0.39, 0.29) is 0 Å². The van der Waals surface area contributed by atoms with Gasteiger partial charge in [-0.1, -0.05) is 18.6 Å². The molecule has 0 aliphatic carbocycles. The van der Waals surface area contributed by atoms with Crippen molar-refractivity contribution in [1.82, 2.24) is 5.32 Å². The first-order valence-electron chi connectivity index (χ1n) is 3.69. The Morgan fingerprint density at radius 3 is 2.55 bits per heavy atom. The van der Waals surface area contributed by atoms with Gasteiger partial charge in [0, 0.05) is 0 Å². The predicted octanol–water partition coefficient (Wildman–Crippen LogP) is 1.02. The maximum atomic E-state index is 10.5. The van der Waals surface area contributed by atoms with Crippen LogP contribution in [-0.4, -0.2) is 24.2 Å². The second-order valence-corrected chi connectivity index (χ2v) is 2.47. The molecule has 0 amide bonds. The lowest BCUT2D eigenvalue weighted by atomic mass is 10.1. The van der Waals surface area contributed by atoms with Crippen molar-refractivity contribution in [2.75, 3.05) is 7.05 Å². The van der Waals surface area contributed by atoms with Gasteiger partial charge in [-0.2, -0.15) is 0 Å². The summed E-state index contributed by atoms with van der Waals surface area (Å²) in [6.07, 6.45) is 2.62. The molecule has 0 aliphatic rings. The minimum absolute atomic E-state index is 0.546. The fraction of sp³-hybridized carbons (Fsp3) is 0.625. The topological polar surface area (TPSA) is 49.3 Å². The van der Waals surface area contributed by atoms with Gasteiger partial charge in [-0.05, 0) is 20.4 Å². The first-order valence-corrected chi connectivity index (χ1v) is 3.69. The highest BCUT2D eigenvalue weighted by Gasteiger charge is 2.10. The van der Waals surface area contributed by atoms with Crippen LogP contribution in [0.15, 0.2) is 11.6 Å². The van der Waals surface area contributed by atoms with Crippen LogP contribution in [-0.2, 0) is 4.79 Å². The normalized spacial score (nSPS) is 14.6. The molecule has 0 aromatic heterocycles. The van der Waals surface area contributed by atoms with Gasteiger partial charge in [0.25, 0.3) is 0 Å². The highest BCUT2D eigenvalue weighted by molar-refractivity contribution is 5.75. The van der Waals surface area contributed by atoms with E-state index in [2.05, 4.69) is 5.32 Å². The number of carboxylic acid groups (broad SMARTS) is 1. The molecule has 0 aromatic rings. The van der Waals surface area contributed by atoms with Crippen LogP contribution in [0.3, 0.4) is 0 Å². The number of rotatable bonds is 4. The van der Waals surface area contributed by atoms with E-state index in [9.17, 15) is 4.79 Å². The van der Waals surface area contributed by atoms with Crippen molar-refractivity contribution < 1.29 is 9.90 Å². The third-order valence-electron chi connectivity index (χ3n) is 1.59. The largest absolute Gasteiger partial charge is 0.480 e. The summed E-state index contributed by atoms with van der Waals surface area (Å²) in [4.78, 5) is 10.5. The number of hydrogen-bond acceptors (Lipinski definition) is 2. The van der Waals surface area contributed by atoms with E-state index >= 15 is 0 Å². The Morgan fingerprint density at radius 1 is 1.73 bits per heavy atom. The summed E-state index contributed by atoms with van der Waals surface area (Å²) in [6.45, 7) is 3.92. The van der Waals surface area contributed by atoms with Gasteiger partial charge in [-0.25, -0.2) is 0 Å². The number of aliphatic carboxylic acids is 1. The molecule has 3 nitrogen and oxygen atoms in total. The van der Waals surface area contributed by atoms with Gasteiger partial charge >= 0.3 is 5.97 Å². The Hall–Kier alpha value is -0.830. The monoisotopic (exact) mass is 157 g/mol. The number of allylic oxidation sites excluding steroid dienone is 1. The van der Waals surface area contributed by atoms with Crippen LogP contribution in [0.4, 0.5) is 0 Å². The van der Waals surface area contributed by atoms with Gasteiger partial charge in [-0.3, -0.25) is 4.79 Å². The minimum Gasteiger partial charge on any atom is -0.480 e. The summed E-state index contributed by atoms with van der Waals surface area (Å²) in [7, 11) is 1.64. The maximum Gasteiger partial charge on any atom is 0.324 e. The van der Waals surface area contributed by atoms with Crippen LogP contribution < -0.4 is 5.32 Å². The fourth-order valence-corrected chi connectivity index (χ4v) is 0.680. The lowest BCUT2D eigenvalue weighted by Gasteiger charge is -2.06. The lowest BCUT2D eigenvalue weighted by molar-refractivity contribution is -0.138. The van der Waals surface area contributed by atoms with Crippen molar-refractivity contribution in [1.29, 1.82) is 0 Å². The molecule has 0 aliphatic heterocycles. The highest BCUT2D eigenvalue weighted by atomic mass is 16.4. The molecule has 1 atom stereocenters. The van der Waals surface area contributed by atoms with Gasteiger partial charge in [0.2, 0.25) is 0 Å². The van der Waals surface area contributed by atoms with Crippen molar-refractivity contribution in [3.63, 3.8) is 0 Å². The van der Waals surface area contributed by atoms with Crippen molar-refractivity contribution >= 4 is 5.97 Å². The average Bonchev–Trinajstić information content (AvgIpc) is 1.99. The molecule has 0 spiro atoms. The number of likely N-dealkylation sites (N-methyl/N-ethyl adjacent to an activating group) is 1. The Balaban J connectivity index is 4.17. The Bertz CT molecular complexity index is 163. The van der Waals surface area contributed by atoms with Crippen molar-refractivity contribution in [3.05, 3.63) is 11.6 Å². The van der Waals surface area contributed by atoms with Gasteiger partial charge in [0.05, 0.1) is 0 Å². The summed E-state index contributed by atoms with van der Waals surface area (Å²) in [5, 5.41) is 11.3. The molecule has 0 bridgehead atoms. The average molecular weight is 157 g/mol. The third-order valence-corrected chi connectivity index (χ3v) is 1.59. The summed E-state index contributed by atoms with van der Waals surface area (Å²) >= 11 is 0. The first-order chi connectivity index (χ1) is 5.11. The molecule has 0 radical (unpaired) electrons. The summed E-state index contributed by atoms with van der Waals surface area (Å²) in [5.41, 5.74) is 1.09. The van der Waals surface area contributed by atoms with E-state index in [1.807, 2.05) is 13.8 Å². The fourth-order valence-electron chi connectivity index (χ4n) is 0.680. The molecule has 0 rings (SSSR count). The molecule has 0 heterocycles. The number of carboxylic acids is 1. The molecule has 64 valence electrons. The Labute approximate surface area is 67.1 Å². The van der Waals surface area contributed by atoms with E-state index in [4.69, 9.17) is 5.11 Å². The number of hydrogen-bond donors (Lipinski definition) is 2.